The number of amides is 1. The van der Waals surface area contributed by atoms with Crippen LogP contribution in [0.2, 0.25) is 0 Å². The summed E-state index contributed by atoms with van der Waals surface area (Å²) in [5, 5.41) is 9.52. The largest absolute Gasteiger partial charge is 0.459 e. The zero-order valence-electron chi connectivity index (χ0n) is 21.4. The van der Waals surface area contributed by atoms with Crippen LogP contribution in [0.25, 0.3) is 0 Å². The summed E-state index contributed by atoms with van der Waals surface area (Å²) in [6.07, 6.45) is 8.72. The summed E-state index contributed by atoms with van der Waals surface area (Å²) in [5.41, 5.74) is 1.03. The first-order valence-corrected chi connectivity index (χ1v) is 13.7. The Hall–Kier alpha value is -2.29. The lowest BCUT2D eigenvalue weighted by molar-refractivity contribution is -0.171. The minimum absolute atomic E-state index is 0.0288. The van der Waals surface area contributed by atoms with Crippen molar-refractivity contribution in [2.75, 3.05) is 46.2 Å². The van der Waals surface area contributed by atoms with E-state index in [1.165, 1.54) is 32.4 Å². The lowest BCUT2D eigenvalue weighted by Gasteiger charge is -2.41. The average Bonchev–Trinajstić information content (AvgIpc) is 3.40. The van der Waals surface area contributed by atoms with Gasteiger partial charge in [-0.2, -0.15) is 0 Å². The number of allylic oxidation sites excluding steroid dienone is 1. The van der Waals surface area contributed by atoms with Gasteiger partial charge in [-0.1, -0.05) is 12.5 Å². The molecule has 36 heavy (non-hydrogen) atoms. The zero-order chi connectivity index (χ0) is 24.9. The van der Waals surface area contributed by atoms with Crippen molar-refractivity contribution in [3.8, 4) is 11.5 Å². The Balaban J connectivity index is 1.35. The van der Waals surface area contributed by atoms with Crippen LogP contribution in [0.3, 0.4) is 0 Å². The quantitative estimate of drug-likeness (QED) is 0.584. The first-order chi connectivity index (χ1) is 17.7. The van der Waals surface area contributed by atoms with Crippen molar-refractivity contribution in [3.63, 3.8) is 0 Å². The third kappa shape index (κ3) is 5.50. The highest BCUT2D eigenvalue weighted by Gasteiger charge is 2.40. The Morgan fingerprint density at radius 1 is 1.08 bits per heavy atom. The summed E-state index contributed by atoms with van der Waals surface area (Å²) in [6.45, 7) is 6.62. The first kappa shape index (κ1) is 25.4. The minimum Gasteiger partial charge on any atom is -0.459 e. The van der Waals surface area contributed by atoms with Crippen molar-refractivity contribution in [2.24, 2.45) is 5.92 Å². The van der Waals surface area contributed by atoms with Crippen molar-refractivity contribution < 1.29 is 28.8 Å². The second kappa shape index (κ2) is 11.8. The molecule has 1 aromatic carbocycles. The summed E-state index contributed by atoms with van der Waals surface area (Å²) >= 11 is 0. The lowest BCUT2D eigenvalue weighted by Crippen LogP contribution is -2.49. The topological polar surface area (TPSA) is 80.7 Å². The van der Waals surface area contributed by atoms with Crippen LogP contribution in [0, 0.1) is 5.92 Å². The van der Waals surface area contributed by atoms with Crippen LogP contribution in [-0.2, 0) is 14.3 Å². The van der Waals surface area contributed by atoms with Gasteiger partial charge < -0.3 is 33.9 Å². The van der Waals surface area contributed by atoms with Crippen LogP contribution in [0.4, 0.5) is 0 Å². The molecule has 1 amide bonds. The van der Waals surface area contributed by atoms with Gasteiger partial charge in [0.25, 0.3) is 5.91 Å². The predicted octanol–water partition coefficient (Wildman–Crippen LogP) is 3.64. The number of hydrogen-bond acceptors (Lipinski definition) is 7. The molecule has 0 saturated carbocycles. The van der Waals surface area contributed by atoms with Crippen molar-refractivity contribution in [3.05, 3.63) is 35.6 Å². The number of piperidine rings is 2. The molecule has 4 aliphatic heterocycles. The van der Waals surface area contributed by atoms with Crippen molar-refractivity contribution >= 4 is 5.91 Å². The fraction of sp³-hybridized carbons (Fsp3) is 0.679. The molecule has 3 unspecified atom stereocenters. The Bertz CT molecular complexity index is 923. The van der Waals surface area contributed by atoms with Crippen LogP contribution in [-0.4, -0.2) is 79.3 Å². The molecule has 0 aromatic heterocycles. The molecular weight excluding hydrogens is 460 g/mol. The SMILES string of the molecule is CCOC1OC(C(=O)N2CCC(N3CCCCC3)CC2)=CC(c2ccc3c(c2)OCO3)C1CCCO. The summed E-state index contributed by atoms with van der Waals surface area (Å²) < 4.78 is 23.4. The normalized spacial score (nSPS) is 27.0. The van der Waals surface area contributed by atoms with Gasteiger partial charge in [0.2, 0.25) is 13.1 Å². The molecule has 4 heterocycles. The van der Waals surface area contributed by atoms with Gasteiger partial charge in [0.15, 0.2) is 17.3 Å². The van der Waals surface area contributed by atoms with Gasteiger partial charge >= 0.3 is 0 Å². The summed E-state index contributed by atoms with van der Waals surface area (Å²) in [4.78, 5) is 18.2. The molecule has 4 aliphatic rings. The molecule has 1 N–H and O–H groups in total. The smallest absolute Gasteiger partial charge is 0.288 e. The zero-order valence-corrected chi connectivity index (χ0v) is 21.4. The second-order valence-corrected chi connectivity index (χ2v) is 10.3. The Kier molecular flexibility index (Phi) is 8.34. The number of benzene rings is 1. The predicted molar refractivity (Wildman–Crippen MR) is 135 cm³/mol. The van der Waals surface area contributed by atoms with Crippen LogP contribution >= 0.6 is 0 Å². The summed E-state index contributed by atoms with van der Waals surface area (Å²) in [5.74, 6) is 1.64. The van der Waals surface area contributed by atoms with E-state index < -0.39 is 6.29 Å². The fourth-order valence-electron chi connectivity index (χ4n) is 6.13. The fourth-order valence-corrected chi connectivity index (χ4v) is 6.13. The highest BCUT2D eigenvalue weighted by atomic mass is 16.7. The molecule has 5 rings (SSSR count). The Morgan fingerprint density at radius 2 is 1.86 bits per heavy atom. The number of fused-ring (bicyclic) bond motifs is 1. The number of carbonyl (C=O) groups is 1. The molecule has 0 radical (unpaired) electrons. The second-order valence-electron chi connectivity index (χ2n) is 10.3. The van der Waals surface area contributed by atoms with Crippen LogP contribution in [0.5, 0.6) is 11.5 Å². The van der Waals surface area contributed by atoms with Gasteiger partial charge in [-0.05, 0) is 82.3 Å². The molecule has 0 aliphatic carbocycles. The van der Waals surface area contributed by atoms with Crippen molar-refractivity contribution in [1.29, 1.82) is 0 Å². The number of likely N-dealkylation sites (tertiary alicyclic amines) is 2. The number of ether oxygens (including phenoxy) is 4. The Labute approximate surface area is 214 Å². The van der Waals surface area contributed by atoms with E-state index in [4.69, 9.17) is 18.9 Å². The molecule has 8 heteroatoms. The third-order valence-electron chi connectivity index (χ3n) is 8.06. The standard InChI is InChI=1S/C28H40N2O6/c1-2-33-28-22(7-6-16-31)23(20-8-9-24-25(17-20)35-19-34-24)18-26(36-28)27(32)30-14-10-21(11-15-30)29-12-4-3-5-13-29/h8-9,17-18,21-23,28,31H,2-7,10-16,19H2,1H3. The number of carbonyl (C=O) groups excluding carboxylic acids is 1. The number of hydrogen-bond donors (Lipinski definition) is 1. The monoisotopic (exact) mass is 500 g/mol. The molecule has 0 spiro atoms. The van der Waals surface area contributed by atoms with Crippen molar-refractivity contribution in [2.45, 2.75) is 70.1 Å². The number of rotatable bonds is 8. The van der Waals surface area contributed by atoms with Gasteiger partial charge in [0.1, 0.15) is 0 Å². The van der Waals surface area contributed by atoms with E-state index in [1.54, 1.807) is 0 Å². The molecule has 0 bridgehead atoms. The number of aliphatic hydroxyl groups is 1. The molecule has 2 fully saturated rings. The first-order valence-electron chi connectivity index (χ1n) is 13.7. The highest BCUT2D eigenvalue weighted by Crippen LogP contribution is 2.43. The molecule has 8 nitrogen and oxygen atoms in total. The van der Waals surface area contributed by atoms with E-state index in [1.807, 2.05) is 36.1 Å². The molecular formula is C28H40N2O6. The van der Waals surface area contributed by atoms with E-state index in [2.05, 4.69) is 4.90 Å². The van der Waals surface area contributed by atoms with E-state index in [0.717, 1.165) is 43.7 Å². The lowest BCUT2D eigenvalue weighted by atomic mass is 9.80. The minimum atomic E-state index is -0.549. The third-order valence-corrected chi connectivity index (χ3v) is 8.06. The maximum Gasteiger partial charge on any atom is 0.288 e. The van der Waals surface area contributed by atoms with E-state index in [-0.39, 0.29) is 31.1 Å². The van der Waals surface area contributed by atoms with Gasteiger partial charge in [0.05, 0.1) is 0 Å². The van der Waals surface area contributed by atoms with E-state index in [9.17, 15) is 9.90 Å². The summed E-state index contributed by atoms with van der Waals surface area (Å²) in [6, 6.07) is 6.53. The molecule has 2 saturated heterocycles. The highest BCUT2D eigenvalue weighted by molar-refractivity contribution is 5.92. The van der Waals surface area contributed by atoms with Gasteiger partial charge in [-0.15, -0.1) is 0 Å². The van der Waals surface area contributed by atoms with Crippen LogP contribution in [0.15, 0.2) is 30.0 Å². The number of nitrogens with zero attached hydrogens (tertiary/aromatic N) is 2. The molecule has 198 valence electrons. The van der Waals surface area contributed by atoms with Gasteiger partial charge in [0, 0.05) is 44.2 Å². The van der Waals surface area contributed by atoms with Crippen LogP contribution < -0.4 is 9.47 Å². The average molecular weight is 501 g/mol. The van der Waals surface area contributed by atoms with Crippen molar-refractivity contribution in [1.82, 2.24) is 9.80 Å². The Morgan fingerprint density at radius 3 is 2.61 bits per heavy atom. The van der Waals surface area contributed by atoms with Gasteiger partial charge in [-0.3, -0.25) is 4.79 Å². The van der Waals surface area contributed by atoms with Crippen LogP contribution in [0.1, 0.15) is 63.4 Å². The van der Waals surface area contributed by atoms with Gasteiger partial charge in [-0.25, -0.2) is 0 Å². The maximum atomic E-state index is 13.6. The number of aliphatic hydroxyl groups excluding tert-OH is 1. The van der Waals surface area contributed by atoms with E-state index in [0.29, 0.717) is 30.6 Å². The summed E-state index contributed by atoms with van der Waals surface area (Å²) in [7, 11) is 0. The molecule has 3 atom stereocenters. The molecule has 1 aromatic rings. The maximum absolute atomic E-state index is 13.6. The van der Waals surface area contributed by atoms with E-state index >= 15 is 0 Å².